The summed E-state index contributed by atoms with van der Waals surface area (Å²) in [5.74, 6) is -2.13. The lowest BCUT2D eigenvalue weighted by Gasteiger charge is -2.23. The molecule has 1 heterocycles. The molecule has 2 rings (SSSR count). The van der Waals surface area contributed by atoms with E-state index in [0.29, 0.717) is 22.5 Å². The molecule has 0 aliphatic carbocycles. The quantitative estimate of drug-likeness (QED) is 0.716. The highest BCUT2D eigenvalue weighted by Crippen LogP contribution is 2.23. The van der Waals surface area contributed by atoms with Gasteiger partial charge in [0.05, 0.1) is 16.4 Å². The van der Waals surface area contributed by atoms with Gasteiger partial charge in [-0.15, -0.1) is 11.3 Å². The van der Waals surface area contributed by atoms with Crippen LogP contribution in [-0.4, -0.2) is 40.8 Å². The van der Waals surface area contributed by atoms with Crippen LogP contribution in [-0.2, 0) is 11.2 Å². The highest BCUT2D eigenvalue weighted by atomic mass is 32.1. The van der Waals surface area contributed by atoms with Crippen molar-refractivity contribution in [3.8, 4) is 0 Å². The summed E-state index contributed by atoms with van der Waals surface area (Å²) in [6.07, 6.45) is 0.856. The fraction of sp³-hybridized carbons (Fsp3) is 0.350. The van der Waals surface area contributed by atoms with E-state index in [9.17, 15) is 14.4 Å². The van der Waals surface area contributed by atoms with Crippen molar-refractivity contribution in [2.45, 2.75) is 27.2 Å². The number of carbonyl (C=O) groups excluding carboxylic acids is 2. The lowest BCUT2D eigenvalue weighted by Crippen LogP contribution is -2.37. The molecule has 0 aliphatic rings. The standard InChI is InChI=1S/C20H23NO4S/c1-4-14-10-11-17(26-14)18(22)15-8-6-7-9-16(15)19(23)21(5-2)12-13(3)20(24)25/h6-11,13H,4-5,12H2,1-3H3,(H,24,25). The molecule has 6 heteroatoms. The third-order valence-corrected chi connectivity index (χ3v) is 5.45. The third-order valence-electron chi connectivity index (χ3n) is 4.22. The monoisotopic (exact) mass is 373 g/mol. The first kappa shape index (κ1) is 19.8. The minimum Gasteiger partial charge on any atom is -0.481 e. The maximum absolute atomic E-state index is 12.9. The van der Waals surface area contributed by atoms with E-state index in [0.717, 1.165) is 11.3 Å². The van der Waals surface area contributed by atoms with Crippen molar-refractivity contribution >= 4 is 29.0 Å². The number of aliphatic carboxylic acids is 1. The number of rotatable bonds is 8. The van der Waals surface area contributed by atoms with Crippen LogP contribution in [0.3, 0.4) is 0 Å². The largest absolute Gasteiger partial charge is 0.481 e. The summed E-state index contributed by atoms with van der Waals surface area (Å²) in [4.78, 5) is 40.1. The lowest BCUT2D eigenvalue weighted by atomic mass is 10.0. The molecule has 0 aliphatic heterocycles. The number of hydrogen-bond donors (Lipinski definition) is 1. The van der Waals surface area contributed by atoms with Crippen molar-refractivity contribution in [2.24, 2.45) is 5.92 Å². The molecule has 26 heavy (non-hydrogen) atoms. The predicted octanol–water partition coefficient (Wildman–Crippen LogP) is 3.72. The highest BCUT2D eigenvalue weighted by molar-refractivity contribution is 7.14. The van der Waals surface area contributed by atoms with Crippen molar-refractivity contribution in [2.75, 3.05) is 13.1 Å². The van der Waals surface area contributed by atoms with E-state index in [-0.39, 0.29) is 18.2 Å². The molecule has 5 nitrogen and oxygen atoms in total. The average molecular weight is 373 g/mol. The average Bonchev–Trinajstić information content (AvgIpc) is 3.13. The Hall–Kier alpha value is -2.47. The SMILES string of the molecule is CCc1ccc(C(=O)c2ccccc2C(=O)N(CC)CC(C)C(=O)O)s1. The van der Waals surface area contributed by atoms with Gasteiger partial charge in [0, 0.05) is 23.5 Å². The number of carbonyl (C=O) groups is 3. The fourth-order valence-electron chi connectivity index (χ4n) is 2.62. The van der Waals surface area contributed by atoms with E-state index in [1.165, 1.54) is 16.2 Å². The Kier molecular flexibility index (Phi) is 6.69. The zero-order valence-corrected chi connectivity index (χ0v) is 16.0. The Morgan fingerprint density at radius 1 is 1.08 bits per heavy atom. The molecule has 138 valence electrons. The molecule has 1 atom stereocenters. The van der Waals surface area contributed by atoms with Gasteiger partial charge in [-0.2, -0.15) is 0 Å². The van der Waals surface area contributed by atoms with Crippen molar-refractivity contribution in [1.29, 1.82) is 0 Å². The molecule has 0 saturated carbocycles. The number of aryl methyl sites for hydroxylation is 1. The normalized spacial score (nSPS) is 11.8. The van der Waals surface area contributed by atoms with Crippen LogP contribution in [0, 0.1) is 5.92 Å². The molecule has 0 bridgehead atoms. The topological polar surface area (TPSA) is 74.7 Å². The Labute approximate surface area is 157 Å². The van der Waals surface area contributed by atoms with Crippen LogP contribution in [0.5, 0.6) is 0 Å². The van der Waals surface area contributed by atoms with Crippen LogP contribution in [0.1, 0.15) is 51.2 Å². The van der Waals surface area contributed by atoms with E-state index < -0.39 is 11.9 Å². The Morgan fingerprint density at radius 2 is 1.73 bits per heavy atom. The molecule has 0 fully saturated rings. The van der Waals surface area contributed by atoms with Crippen LogP contribution < -0.4 is 0 Å². The van der Waals surface area contributed by atoms with Crippen LogP contribution in [0.4, 0.5) is 0 Å². The van der Waals surface area contributed by atoms with E-state index >= 15 is 0 Å². The smallest absolute Gasteiger partial charge is 0.308 e. The molecule has 1 amide bonds. The number of carboxylic acid groups (broad SMARTS) is 1. The summed E-state index contributed by atoms with van der Waals surface area (Å²) in [5, 5.41) is 9.11. The first-order chi connectivity index (χ1) is 12.4. The highest BCUT2D eigenvalue weighted by Gasteiger charge is 2.25. The van der Waals surface area contributed by atoms with Crippen molar-refractivity contribution in [3.05, 3.63) is 57.3 Å². The Balaban J connectivity index is 2.33. The second-order valence-electron chi connectivity index (χ2n) is 6.08. The first-order valence-corrected chi connectivity index (χ1v) is 9.45. The second-order valence-corrected chi connectivity index (χ2v) is 7.25. The van der Waals surface area contributed by atoms with Gasteiger partial charge in [0.2, 0.25) is 5.78 Å². The fourth-order valence-corrected chi connectivity index (χ4v) is 3.53. The van der Waals surface area contributed by atoms with Crippen LogP contribution in [0.25, 0.3) is 0 Å². The van der Waals surface area contributed by atoms with Gasteiger partial charge < -0.3 is 10.0 Å². The molecule has 0 saturated heterocycles. The number of benzene rings is 1. The number of nitrogens with zero attached hydrogens (tertiary/aromatic N) is 1. The van der Waals surface area contributed by atoms with Gasteiger partial charge in [-0.05, 0) is 31.5 Å². The van der Waals surface area contributed by atoms with Gasteiger partial charge in [-0.3, -0.25) is 14.4 Å². The molecule has 1 aromatic heterocycles. The van der Waals surface area contributed by atoms with E-state index in [1.54, 1.807) is 44.2 Å². The third kappa shape index (κ3) is 4.38. The Bertz CT molecular complexity index is 812. The number of ketones is 1. The molecule has 1 N–H and O–H groups in total. The predicted molar refractivity (Wildman–Crippen MR) is 102 cm³/mol. The number of amides is 1. The molecule has 0 spiro atoms. The van der Waals surface area contributed by atoms with Crippen molar-refractivity contribution in [3.63, 3.8) is 0 Å². The first-order valence-electron chi connectivity index (χ1n) is 8.63. The summed E-state index contributed by atoms with van der Waals surface area (Å²) in [6.45, 7) is 5.86. The summed E-state index contributed by atoms with van der Waals surface area (Å²) in [6, 6.07) is 10.4. The minimum absolute atomic E-state index is 0.103. The molecular formula is C20H23NO4S. The zero-order valence-electron chi connectivity index (χ0n) is 15.2. The summed E-state index contributed by atoms with van der Waals surface area (Å²) in [5.41, 5.74) is 0.659. The maximum atomic E-state index is 12.9. The number of thiophene rings is 1. The number of carboxylic acids is 1. The number of hydrogen-bond acceptors (Lipinski definition) is 4. The second kappa shape index (κ2) is 8.76. The van der Waals surface area contributed by atoms with Gasteiger partial charge in [0.25, 0.3) is 5.91 Å². The van der Waals surface area contributed by atoms with Gasteiger partial charge >= 0.3 is 5.97 Å². The summed E-state index contributed by atoms with van der Waals surface area (Å²) in [7, 11) is 0. The molecule has 1 aromatic carbocycles. The molecule has 2 aromatic rings. The van der Waals surface area contributed by atoms with Crippen LogP contribution in [0.15, 0.2) is 36.4 Å². The summed E-state index contributed by atoms with van der Waals surface area (Å²) < 4.78 is 0. The Morgan fingerprint density at radius 3 is 2.27 bits per heavy atom. The van der Waals surface area contributed by atoms with Gasteiger partial charge in [0.1, 0.15) is 0 Å². The van der Waals surface area contributed by atoms with Gasteiger partial charge in [-0.25, -0.2) is 0 Å². The van der Waals surface area contributed by atoms with Gasteiger partial charge in [0.15, 0.2) is 0 Å². The van der Waals surface area contributed by atoms with Crippen molar-refractivity contribution in [1.82, 2.24) is 4.90 Å². The zero-order chi connectivity index (χ0) is 19.3. The van der Waals surface area contributed by atoms with Crippen LogP contribution >= 0.6 is 11.3 Å². The lowest BCUT2D eigenvalue weighted by molar-refractivity contribution is -0.141. The van der Waals surface area contributed by atoms with E-state index in [2.05, 4.69) is 0 Å². The molecular weight excluding hydrogens is 350 g/mol. The summed E-state index contributed by atoms with van der Waals surface area (Å²) >= 11 is 1.43. The van der Waals surface area contributed by atoms with Crippen molar-refractivity contribution < 1.29 is 19.5 Å². The maximum Gasteiger partial charge on any atom is 0.308 e. The van der Waals surface area contributed by atoms with Crippen LogP contribution in [0.2, 0.25) is 0 Å². The molecule has 0 radical (unpaired) electrons. The van der Waals surface area contributed by atoms with E-state index in [1.807, 2.05) is 13.0 Å². The van der Waals surface area contributed by atoms with E-state index in [4.69, 9.17) is 5.11 Å². The molecule has 1 unspecified atom stereocenters. The minimum atomic E-state index is -0.953. The van der Waals surface area contributed by atoms with Gasteiger partial charge in [-0.1, -0.05) is 32.0 Å².